The fourth-order valence-corrected chi connectivity index (χ4v) is 2.02. The third-order valence-electron chi connectivity index (χ3n) is 3.46. The molecule has 0 aliphatic rings. The molecule has 0 heterocycles. The molecule has 1 unspecified atom stereocenters. The minimum absolute atomic E-state index is 0.248. The van der Waals surface area contributed by atoms with Gasteiger partial charge in [-0.2, -0.15) is 0 Å². The quantitative estimate of drug-likeness (QED) is 0.793. The van der Waals surface area contributed by atoms with Gasteiger partial charge in [-0.25, -0.2) is 0 Å². The van der Waals surface area contributed by atoms with Gasteiger partial charge in [-0.15, -0.1) is 0 Å². The Morgan fingerprint density at radius 3 is 2.53 bits per heavy atom. The first-order valence-electron chi connectivity index (χ1n) is 6.53. The van der Waals surface area contributed by atoms with E-state index in [9.17, 15) is 5.11 Å². The van der Waals surface area contributed by atoms with Gasteiger partial charge in [0.05, 0.1) is 0 Å². The van der Waals surface area contributed by atoms with E-state index in [-0.39, 0.29) is 6.61 Å². The highest BCUT2D eigenvalue weighted by Gasteiger charge is 2.13. The van der Waals surface area contributed by atoms with Gasteiger partial charge in [-0.1, -0.05) is 39.0 Å². The van der Waals surface area contributed by atoms with Crippen molar-refractivity contribution >= 4 is 5.69 Å². The summed E-state index contributed by atoms with van der Waals surface area (Å²) >= 11 is 0. The molecular formula is C15H25NO. The lowest BCUT2D eigenvalue weighted by atomic mass is 9.96. The average Bonchev–Trinajstić information content (AvgIpc) is 2.31. The Kier molecular flexibility index (Phi) is 5.49. The molecule has 2 N–H and O–H groups in total. The molecule has 2 nitrogen and oxygen atoms in total. The van der Waals surface area contributed by atoms with Crippen molar-refractivity contribution in [2.75, 3.05) is 18.5 Å². The SMILES string of the molecule is CCc1cccc(C)c1NCC(CO)C(C)C. The van der Waals surface area contributed by atoms with Crippen LogP contribution in [-0.2, 0) is 6.42 Å². The highest BCUT2D eigenvalue weighted by Crippen LogP contribution is 2.22. The van der Waals surface area contributed by atoms with Gasteiger partial charge in [0.25, 0.3) is 0 Å². The first-order valence-corrected chi connectivity index (χ1v) is 6.53. The lowest BCUT2D eigenvalue weighted by Gasteiger charge is -2.21. The van der Waals surface area contributed by atoms with Crippen LogP contribution in [-0.4, -0.2) is 18.3 Å². The number of aliphatic hydroxyl groups excluding tert-OH is 1. The Balaban J connectivity index is 2.74. The molecule has 2 heteroatoms. The van der Waals surface area contributed by atoms with Gasteiger partial charge in [0.1, 0.15) is 0 Å². The summed E-state index contributed by atoms with van der Waals surface area (Å²) in [5.41, 5.74) is 3.88. The number of hydrogen-bond acceptors (Lipinski definition) is 2. The van der Waals surface area contributed by atoms with E-state index in [4.69, 9.17) is 0 Å². The van der Waals surface area contributed by atoms with Gasteiger partial charge in [-0.3, -0.25) is 0 Å². The molecule has 0 radical (unpaired) electrons. The zero-order valence-electron chi connectivity index (χ0n) is 11.5. The minimum atomic E-state index is 0.248. The van der Waals surface area contributed by atoms with E-state index in [1.54, 1.807) is 0 Å². The molecule has 0 aromatic heterocycles. The van der Waals surface area contributed by atoms with Gasteiger partial charge in [0, 0.05) is 24.8 Å². The Labute approximate surface area is 105 Å². The van der Waals surface area contributed by atoms with Crippen molar-refractivity contribution in [3.63, 3.8) is 0 Å². The van der Waals surface area contributed by atoms with Gasteiger partial charge < -0.3 is 10.4 Å². The van der Waals surface area contributed by atoms with Crippen molar-refractivity contribution in [3.05, 3.63) is 29.3 Å². The predicted octanol–water partition coefficient (Wildman–Crippen LogP) is 3.23. The molecule has 17 heavy (non-hydrogen) atoms. The van der Waals surface area contributed by atoms with Gasteiger partial charge in [0.2, 0.25) is 0 Å². The first-order chi connectivity index (χ1) is 8.10. The van der Waals surface area contributed by atoms with Crippen LogP contribution >= 0.6 is 0 Å². The summed E-state index contributed by atoms with van der Waals surface area (Å²) in [6.07, 6.45) is 1.04. The third-order valence-corrected chi connectivity index (χ3v) is 3.46. The number of para-hydroxylation sites is 1. The van der Waals surface area contributed by atoms with Crippen LogP contribution in [0.2, 0.25) is 0 Å². The molecule has 0 amide bonds. The number of aryl methyl sites for hydroxylation is 2. The summed E-state index contributed by atoms with van der Waals surface area (Å²) in [6.45, 7) is 9.70. The number of anilines is 1. The standard InChI is InChI=1S/C15H25NO/c1-5-13-8-6-7-12(4)15(13)16-9-14(10-17)11(2)3/h6-8,11,14,16-17H,5,9-10H2,1-4H3. The molecule has 0 aliphatic carbocycles. The largest absolute Gasteiger partial charge is 0.396 e. The van der Waals surface area contributed by atoms with Crippen molar-refractivity contribution in [2.24, 2.45) is 11.8 Å². The maximum atomic E-state index is 9.33. The molecule has 96 valence electrons. The van der Waals surface area contributed by atoms with E-state index < -0.39 is 0 Å². The second-order valence-electron chi connectivity index (χ2n) is 5.03. The molecule has 0 fully saturated rings. The van der Waals surface area contributed by atoms with E-state index >= 15 is 0 Å². The molecule has 0 aliphatic heterocycles. The minimum Gasteiger partial charge on any atom is -0.396 e. The molecule has 1 rings (SSSR count). The summed E-state index contributed by atoms with van der Waals surface area (Å²) < 4.78 is 0. The van der Waals surface area contributed by atoms with Gasteiger partial charge in [0.15, 0.2) is 0 Å². The predicted molar refractivity (Wildman–Crippen MR) is 74.5 cm³/mol. The summed E-state index contributed by atoms with van der Waals surface area (Å²) in [4.78, 5) is 0. The number of aliphatic hydroxyl groups is 1. The second-order valence-corrected chi connectivity index (χ2v) is 5.03. The Morgan fingerprint density at radius 2 is 2.00 bits per heavy atom. The van der Waals surface area contributed by atoms with Crippen LogP contribution in [0.1, 0.15) is 31.9 Å². The smallest absolute Gasteiger partial charge is 0.0478 e. The van der Waals surface area contributed by atoms with Crippen molar-refractivity contribution in [1.29, 1.82) is 0 Å². The monoisotopic (exact) mass is 235 g/mol. The maximum Gasteiger partial charge on any atom is 0.0478 e. The topological polar surface area (TPSA) is 32.3 Å². The summed E-state index contributed by atoms with van der Waals surface area (Å²) in [5.74, 6) is 0.820. The van der Waals surface area contributed by atoms with Crippen molar-refractivity contribution in [1.82, 2.24) is 0 Å². The Hall–Kier alpha value is -1.02. The van der Waals surface area contributed by atoms with Crippen LogP contribution in [0, 0.1) is 18.8 Å². The maximum absolute atomic E-state index is 9.33. The van der Waals surface area contributed by atoms with Crippen molar-refractivity contribution < 1.29 is 5.11 Å². The molecule has 1 aromatic rings. The van der Waals surface area contributed by atoms with Gasteiger partial charge >= 0.3 is 0 Å². The average molecular weight is 235 g/mol. The highest BCUT2D eigenvalue weighted by atomic mass is 16.3. The van der Waals surface area contributed by atoms with E-state index in [0.29, 0.717) is 11.8 Å². The molecule has 0 spiro atoms. The van der Waals surface area contributed by atoms with Crippen LogP contribution in [0.3, 0.4) is 0 Å². The summed E-state index contributed by atoms with van der Waals surface area (Å²) in [5, 5.41) is 12.8. The third kappa shape index (κ3) is 3.74. The summed E-state index contributed by atoms with van der Waals surface area (Å²) in [6, 6.07) is 6.40. The summed E-state index contributed by atoms with van der Waals surface area (Å²) in [7, 11) is 0. The number of hydrogen-bond donors (Lipinski definition) is 2. The Bertz CT molecular complexity index is 347. The van der Waals surface area contributed by atoms with Crippen LogP contribution in [0.25, 0.3) is 0 Å². The van der Waals surface area contributed by atoms with Crippen LogP contribution in [0.15, 0.2) is 18.2 Å². The number of nitrogens with one attached hydrogen (secondary N) is 1. The van der Waals surface area contributed by atoms with Crippen LogP contribution in [0.4, 0.5) is 5.69 Å². The van der Waals surface area contributed by atoms with E-state index in [0.717, 1.165) is 13.0 Å². The van der Waals surface area contributed by atoms with E-state index in [1.807, 2.05) is 0 Å². The molecule has 0 saturated heterocycles. The first kappa shape index (κ1) is 14.0. The zero-order valence-corrected chi connectivity index (χ0v) is 11.5. The lowest BCUT2D eigenvalue weighted by molar-refractivity contribution is 0.198. The number of rotatable bonds is 6. The van der Waals surface area contributed by atoms with E-state index in [1.165, 1.54) is 16.8 Å². The number of benzene rings is 1. The zero-order chi connectivity index (χ0) is 12.8. The van der Waals surface area contributed by atoms with E-state index in [2.05, 4.69) is 51.2 Å². The molecule has 0 saturated carbocycles. The molecule has 1 aromatic carbocycles. The molecule has 1 atom stereocenters. The fourth-order valence-electron chi connectivity index (χ4n) is 2.02. The molecular weight excluding hydrogens is 210 g/mol. The molecule has 0 bridgehead atoms. The lowest BCUT2D eigenvalue weighted by Crippen LogP contribution is -2.23. The normalized spacial score (nSPS) is 12.8. The van der Waals surface area contributed by atoms with Crippen molar-refractivity contribution in [3.8, 4) is 0 Å². The van der Waals surface area contributed by atoms with Crippen molar-refractivity contribution in [2.45, 2.75) is 34.1 Å². The van der Waals surface area contributed by atoms with Crippen LogP contribution < -0.4 is 5.32 Å². The fraction of sp³-hybridized carbons (Fsp3) is 0.600. The van der Waals surface area contributed by atoms with Gasteiger partial charge in [-0.05, 0) is 30.4 Å². The van der Waals surface area contributed by atoms with Crippen LogP contribution in [0.5, 0.6) is 0 Å². The highest BCUT2D eigenvalue weighted by molar-refractivity contribution is 5.57. The Morgan fingerprint density at radius 1 is 1.29 bits per heavy atom. The second kappa shape index (κ2) is 6.65.